The molecule has 1 fully saturated rings. The predicted octanol–water partition coefficient (Wildman–Crippen LogP) is 4.85. The lowest BCUT2D eigenvalue weighted by atomic mass is 9.90. The van der Waals surface area contributed by atoms with Gasteiger partial charge in [-0.2, -0.15) is 9.64 Å². The molecular weight excluding hydrogens is 419 g/mol. The van der Waals surface area contributed by atoms with Gasteiger partial charge in [0, 0.05) is 6.04 Å². The van der Waals surface area contributed by atoms with Crippen molar-refractivity contribution in [3.8, 4) is 6.07 Å². The number of aryl methyl sites for hydroxylation is 1. The van der Waals surface area contributed by atoms with E-state index in [1.807, 2.05) is 19.1 Å². The van der Waals surface area contributed by atoms with Gasteiger partial charge in [0.2, 0.25) is 0 Å². The summed E-state index contributed by atoms with van der Waals surface area (Å²) in [7, 11) is 0. The van der Waals surface area contributed by atoms with Crippen LogP contribution in [-0.2, 0) is 4.74 Å². The van der Waals surface area contributed by atoms with Crippen molar-refractivity contribution < 1.29 is 13.9 Å². The number of rotatable bonds is 5. The van der Waals surface area contributed by atoms with Crippen LogP contribution in [0.3, 0.4) is 0 Å². The standard InChI is InChI=1S/C21H27FN6O2S/c1-12-9-17(31-28-12)26-18-13(11-23)10-14(22)19(27-18)24-15-7-5-6-8-16(15)25-20(29)30-21(2,3)4/h9-10,15-16H,5-8H2,1-4H3,(H,25,29)(H2,24,26,27)/t15-,16+/m1/s1. The molecule has 0 spiro atoms. The Bertz CT molecular complexity index is 981. The number of nitrogens with zero attached hydrogens (tertiary/aromatic N) is 3. The van der Waals surface area contributed by atoms with Crippen LogP contribution in [0.5, 0.6) is 0 Å². The second-order valence-corrected chi connectivity index (χ2v) is 9.38. The molecule has 0 aliphatic heterocycles. The first kappa shape index (κ1) is 22.7. The number of ether oxygens (including phenoxy) is 1. The van der Waals surface area contributed by atoms with Gasteiger partial charge in [-0.1, -0.05) is 12.8 Å². The number of amides is 1. The van der Waals surface area contributed by atoms with E-state index in [1.165, 1.54) is 11.5 Å². The van der Waals surface area contributed by atoms with E-state index in [1.54, 1.807) is 20.8 Å². The van der Waals surface area contributed by atoms with Gasteiger partial charge in [0.25, 0.3) is 0 Å². The Morgan fingerprint density at radius 1 is 1.26 bits per heavy atom. The Balaban J connectivity index is 1.78. The molecule has 2 aromatic heterocycles. The molecule has 1 aliphatic rings. The Labute approximate surface area is 185 Å². The van der Waals surface area contributed by atoms with E-state index in [4.69, 9.17) is 4.74 Å². The number of aromatic nitrogens is 2. The summed E-state index contributed by atoms with van der Waals surface area (Å²) in [5.74, 6) is -0.336. The van der Waals surface area contributed by atoms with E-state index in [-0.39, 0.29) is 29.3 Å². The molecule has 31 heavy (non-hydrogen) atoms. The van der Waals surface area contributed by atoms with Crippen LogP contribution < -0.4 is 16.0 Å². The molecule has 1 saturated carbocycles. The van der Waals surface area contributed by atoms with Crippen LogP contribution in [-0.4, -0.2) is 33.1 Å². The van der Waals surface area contributed by atoms with Gasteiger partial charge in [-0.25, -0.2) is 14.2 Å². The van der Waals surface area contributed by atoms with Gasteiger partial charge in [0.15, 0.2) is 17.5 Å². The Morgan fingerprint density at radius 2 is 1.97 bits per heavy atom. The summed E-state index contributed by atoms with van der Waals surface area (Å²) in [5, 5.41) is 19.2. The lowest BCUT2D eigenvalue weighted by Gasteiger charge is -2.33. The number of hydrogen-bond acceptors (Lipinski definition) is 8. The normalized spacial score (nSPS) is 18.7. The number of nitrogens with one attached hydrogen (secondary N) is 3. The molecule has 1 amide bonds. The molecule has 0 bridgehead atoms. The highest BCUT2D eigenvalue weighted by atomic mass is 32.1. The van der Waals surface area contributed by atoms with Crippen LogP contribution in [0.1, 0.15) is 57.7 Å². The molecule has 2 aromatic rings. The molecule has 10 heteroatoms. The fourth-order valence-electron chi connectivity index (χ4n) is 3.42. The van der Waals surface area contributed by atoms with Gasteiger partial charge in [-0.15, -0.1) is 0 Å². The maximum atomic E-state index is 14.7. The second-order valence-electron chi connectivity index (χ2n) is 8.57. The van der Waals surface area contributed by atoms with Crippen molar-refractivity contribution in [1.29, 1.82) is 5.26 Å². The van der Waals surface area contributed by atoms with Crippen LogP contribution in [0, 0.1) is 24.1 Å². The Morgan fingerprint density at radius 3 is 2.58 bits per heavy atom. The molecule has 2 atom stereocenters. The van der Waals surface area contributed by atoms with Crippen LogP contribution in [0.2, 0.25) is 0 Å². The van der Waals surface area contributed by atoms with Gasteiger partial charge in [-0.3, -0.25) is 0 Å². The molecule has 3 rings (SSSR count). The maximum Gasteiger partial charge on any atom is 0.407 e. The molecule has 0 aromatic carbocycles. The second kappa shape index (κ2) is 9.47. The number of alkyl carbamates (subject to hydrolysis) is 1. The van der Waals surface area contributed by atoms with Crippen molar-refractivity contribution in [2.24, 2.45) is 0 Å². The number of carbonyl (C=O) groups is 1. The molecule has 166 valence electrons. The van der Waals surface area contributed by atoms with E-state index >= 15 is 0 Å². The topological polar surface area (TPSA) is 112 Å². The lowest BCUT2D eigenvalue weighted by Crippen LogP contribution is -2.50. The minimum atomic E-state index is -0.621. The first-order valence-electron chi connectivity index (χ1n) is 10.2. The molecule has 8 nitrogen and oxygen atoms in total. The van der Waals surface area contributed by atoms with E-state index in [0.717, 1.165) is 37.4 Å². The quantitative estimate of drug-likeness (QED) is 0.602. The van der Waals surface area contributed by atoms with E-state index in [2.05, 4.69) is 25.3 Å². The third-order valence-corrected chi connectivity index (χ3v) is 5.55. The molecular formula is C21H27FN6O2S. The average Bonchev–Trinajstić information content (AvgIpc) is 3.09. The summed E-state index contributed by atoms with van der Waals surface area (Å²) in [6.45, 7) is 7.27. The zero-order chi connectivity index (χ0) is 22.6. The first-order chi connectivity index (χ1) is 14.6. The SMILES string of the molecule is Cc1cc(Nc2nc(N[C@@H]3CCCC[C@@H]3NC(=O)OC(C)(C)C)c(F)cc2C#N)sn1. The van der Waals surface area contributed by atoms with Crippen LogP contribution in [0.15, 0.2) is 12.1 Å². The molecule has 1 aliphatic carbocycles. The molecule has 0 unspecified atom stereocenters. The number of pyridine rings is 1. The number of halogens is 1. The van der Waals surface area contributed by atoms with Crippen molar-refractivity contribution in [2.75, 3.05) is 10.6 Å². The van der Waals surface area contributed by atoms with Crippen molar-refractivity contribution in [3.05, 3.63) is 29.2 Å². The van der Waals surface area contributed by atoms with Crippen molar-refractivity contribution in [1.82, 2.24) is 14.7 Å². The van der Waals surface area contributed by atoms with Gasteiger partial charge < -0.3 is 20.7 Å². The largest absolute Gasteiger partial charge is 0.444 e. The Kier molecular flexibility index (Phi) is 6.95. The third kappa shape index (κ3) is 6.28. The van der Waals surface area contributed by atoms with Gasteiger partial charge in [0.1, 0.15) is 16.7 Å². The summed E-state index contributed by atoms with van der Waals surface area (Å²) in [6.07, 6.45) is 2.91. The summed E-state index contributed by atoms with van der Waals surface area (Å²) in [5.41, 5.74) is 0.337. The van der Waals surface area contributed by atoms with Crippen LogP contribution in [0.4, 0.5) is 25.8 Å². The fourth-order valence-corrected chi connectivity index (χ4v) is 4.08. The number of nitriles is 1. The fraction of sp³-hybridized carbons (Fsp3) is 0.524. The van der Waals surface area contributed by atoms with Crippen LogP contribution in [0.25, 0.3) is 0 Å². The number of hydrogen-bond donors (Lipinski definition) is 3. The van der Waals surface area contributed by atoms with Crippen molar-refractivity contribution >= 4 is 34.3 Å². The monoisotopic (exact) mass is 446 g/mol. The highest BCUT2D eigenvalue weighted by molar-refractivity contribution is 7.10. The number of anilines is 3. The molecule has 2 heterocycles. The van der Waals surface area contributed by atoms with Gasteiger partial charge in [0.05, 0.1) is 17.3 Å². The predicted molar refractivity (Wildman–Crippen MR) is 118 cm³/mol. The molecule has 0 saturated heterocycles. The third-order valence-electron chi connectivity index (χ3n) is 4.76. The zero-order valence-electron chi connectivity index (χ0n) is 18.1. The Hall–Kier alpha value is -2.93. The summed E-state index contributed by atoms with van der Waals surface area (Å²) < 4.78 is 24.3. The van der Waals surface area contributed by atoms with Crippen LogP contribution >= 0.6 is 11.5 Å². The summed E-state index contributed by atoms with van der Waals surface area (Å²) >= 11 is 1.23. The zero-order valence-corrected chi connectivity index (χ0v) is 18.9. The number of carbonyl (C=O) groups excluding carboxylic acids is 1. The minimum absolute atomic E-state index is 0.0330. The highest BCUT2D eigenvalue weighted by Crippen LogP contribution is 2.28. The average molecular weight is 447 g/mol. The van der Waals surface area contributed by atoms with Gasteiger partial charge >= 0.3 is 6.09 Å². The molecule has 0 radical (unpaired) electrons. The van der Waals surface area contributed by atoms with Gasteiger partial charge in [-0.05, 0) is 64.2 Å². The maximum absolute atomic E-state index is 14.7. The first-order valence-corrected chi connectivity index (χ1v) is 11.0. The van der Waals surface area contributed by atoms with E-state index < -0.39 is 17.5 Å². The van der Waals surface area contributed by atoms with E-state index in [9.17, 15) is 14.4 Å². The highest BCUT2D eigenvalue weighted by Gasteiger charge is 2.29. The molecule has 3 N–H and O–H groups in total. The van der Waals surface area contributed by atoms with Crippen molar-refractivity contribution in [2.45, 2.75) is 71.1 Å². The lowest BCUT2D eigenvalue weighted by molar-refractivity contribution is 0.0488. The smallest absolute Gasteiger partial charge is 0.407 e. The minimum Gasteiger partial charge on any atom is -0.444 e. The summed E-state index contributed by atoms with van der Waals surface area (Å²) in [6, 6.07) is 4.52. The summed E-state index contributed by atoms with van der Waals surface area (Å²) in [4.78, 5) is 16.6. The van der Waals surface area contributed by atoms with E-state index in [0.29, 0.717) is 5.00 Å². The van der Waals surface area contributed by atoms with Crippen molar-refractivity contribution in [3.63, 3.8) is 0 Å².